The van der Waals surface area contributed by atoms with Crippen molar-refractivity contribution in [3.63, 3.8) is 0 Å². The number of carbonyl (C=O) groups is 2. The molecular formula is C28H22F3N5O2. The van der Waals surface area contributed by atoms with Gasteiger partial charge < -0.3 is 26.3 Å². The molecule has 3 amide bonds. The normalized spacial score (nSPS) is 13.7. The third-order valence-electron chi connectivity index (χ3n) is 5.93. The molecule has 2 heterocycles. The lowest BCUT2D eigenvalue weighted by molar-refractivity contribution is -0.138. The zero-order valence-corrected chi connectivity index (χ0v) is 20.0. The van der Waals surface area contributed by atoms with E-state index in [-0.39, 0.29) is 17.2 Å². The van der Waals surface area contributed by atoms with E-state index in [0.717, 1.165) is 17.3 Å². The van der Waals surface area contributed by atoms with E-state index in [1.807, 2.05) is 30.3 Å². The van der Waals surface area contributed by atoms with Crippen LogP contribution in [0.3, 0.4) is 0 Å². The highest BCUT2D eigenvalue weighted by molar-refractivity contribution is 6.35. The van der Waals surface area contributed by atoms with Crippen LogP contribution in [0.5, 0.6) is 0 Å². The zero-order valence-electron chi connectivity index (χ0n) is 20.0. The van der Waals surface area contributed by atoms with E-state index in [1.54, 1.807) is 36.5 Å². The van der Waals surface area contributed by atoms with E-state index in [1.165, 1.54) is 19.1 Å². The topological polar surface area (TPSA) is 98.0 Å². The zero-order chi connectivity index (χ0) is 26.9. The molecule has 1 aromatic heterocycles. The van der Waals surface area contributed by atoms with Crippen LogP contribution in [0.1, 0.15) is 22.4 Å². The number of aromatic nitrogens is 1. The number of aromatic amines is 1. The summed E-state index contributed by atoms with van der Waals surface area (Å²) in [5, 5.41) is 11.2. The van der Waals surface area contributed by atoms with E-state index in [0.29, 0.717) is 28.3 Å². The number of halogens is 3. The number of carbonyl (C=O) groups excluding carboxylic acids is 2. The van der Waals surface area contributed by atoms with Crippen molar-refractivity contribution >= 4 is 52.0 Å². The van der Waals surface area contributed by atoms with Gasteiger partial charge in [-0.2, -0.15) is 13.2 Å². The Kier molecular flexibility index (Phi) is 6.38. The van der Waals surface area contributed by atoms with Crippen LogP contribution in [-0.2, 0) is 11.0 Å². The van der Waals surface area contributed by atoms with Crippen molar-refractivity contribution in [1.82, 2.24) is 4.98 Å². The van der Waals surface area contributed by atoms with Gasteiger partial charge in [0.1, 0.15) is 0 Å². The Hall–Kier alpha value is -4.99. The molecule has 0 fully saturated rings. The Morgan fingerprint density at radius 1 is 0.868 bits per heavy atom. The summed E-state index contributed by atoms with van der Waals surface area (Å²) in [6, 6.07) is 19.0. The average Bonchev–Trinajstić information content (AvgIpc) is 3.47. The molecular weight excluding hydrogens is 495 g/mol. The second kappa shape index (κ2) is 9.81. The largest absolute Gasteiger partial charge is 0.416 e. The molecule has 0 radical (unpaired) electrons. The Bertz CT molecular complexity index is 1560. The van der Waals surface area contributed by atoms with Crippen LogP contribution in [0, 0.1) is 6.92 Å². The fourth-order valence-corrected chi connectivity index (χ4v) is 4.15. The monoisotopic (exact) mass is 517 g/mol. The van der Waals surface area contributed by atoms with Gasteiger partial charge in [-0.15, -0.1) is 0 Å². The molecule has 192 valence electrons. The number of benzene rings is 3. The number of hydrogen-bond acceptors (Lipinski definition) is 3. The van der Waals surface area contributed by atoms with Gasteiger partial charge in [0.05, 0.1) is 16.8 Å². The number of aryl methyl sites for hydroxylation is 1. The number of urea groups is 1. The van der Waals surface area contributed by atoms with Crippen molar-refractivity contribution in [2.45, 2.75) is 13.1 Å². The fourth-order valence-electron chi connectivity index (χ4n) is 4.15. The third-order valence-corrected chi connectivity index (χ3v) is 5.93. The first-order valence-electron chi connectivity index (χ1n) is 11.6. The van der Waals surface area contributed by atoms with Crippen molar-refractivity contribution < 1.29 is 22.8 Å². The molecule has 10 heteroatoms. The van der Waals surface area contributed by atoms with Crippen LogP contribution in [0.15, 0.2) is 79.0 Å². The third kappa shape index (κ3) is 5.39. The Morgan fingerprint density at radius 3 is 2.32 bits per heavy atom. The minimum atomic E-state index is -4.52. The van der Waals surface area contributed by atoms with Crippen molar-refractivity contribution in [3.05, 3.63) is 101 Å². The molecule has 0 aliphatic carbocycles. The van der Waals surface area contributed by atoms with Gasteiger partial charge in [0.2, 0.25) is 0 Å². The summed E-state index contributed by atoms with van der Waals surface area (Å²) in [4.78, 5) is 28.0. The number of hydrogen-bond donors (Lipinski definition) is 5. The molecule has 0 saturated carbocycles. The molecule has 7 nitrogen and oxygen atoms in total. The first-order chi connectivity index (χ1) is 18.2. The van der Waals surface area contributed by atoms with Crippen LogP contribution >= 0.6 is 0 Å². The quantitative estimate of drug-likeness (QED) is 0.181. The molecule has 1 aliphatic rings. The highest BCUT2D eigenvalue weighted by Gasteiger charge is 2.32. The van der Waals surface area contributed by atoms with Gasteiger partial charge in [-0.25, -0.2) is 4.79 Å². The van der Waals surface area contributed by atoms with Crippen molar-refractivity contribution in [1.29, 1.82) is 0 Å². The van der Waals surface area contributed by atoms with Gasteiger partial charge >= 0.3 is 12.2 Å². The molecule has 0 bridgehead atoms. The molecule has 3 aromatic carbocycles. The summed E-state index contributed by atoms with van der Waals surface area (Å²) in [6.07, 6.45) is -0.945. The van der Waals surface area contributed by atoms with Gasteiger partial charge in [0.25, 0.3) is 5.91 Å². The number of alkyl halides is 3. The van der Waals surface area contributed by atoms with Gasteiger partial charge in [0, 0.05) is 40.2 Å². The lowest BCUT2D eigenvalue weighted by Gasteiger charge is -2.14. The number of rotatable bonds is 5. The minimum absolute atomic E-state index is 0.0274. The van der Waals surface area contributed by atoms with Gasteiger partial charge in [-0.3, -0.25) is 4.79 Å². The number of fused-ring (bicyclic) bond motifs is 1. The standard InChI is InChI=1S/C28H22F3N5O2/c1-16-7-8-20(14-24(16)28(29,30)31)35-27(38)34-19-5-2-4-18(12-19)33-21-9-10-22-23(13-17-6-3-11-32-17)26(37)36-25(22)15-21/h2-15,32-33H,1H3,(H,36,37)(H2,34,35,38)/b23-13+. The maximum absolute atomic E-state index is 13.2. The predicted molar refractivity (Wildman–Crippen MR) is 142 cm³/mol. The van der Waals surface area contributed by atoms with Crippen LogP contribution in [-0.4, -0.2) is 16.9 Å². The van der Waals surface area contributed by atoms with Gasteiger partial charge in [-0.1, -0.05) is 18.2 Å². The molecule has 38 heavy (non-hydrogen) atoms. The van der Waals surface area contributed by atoms with Crippen LogP contribution in [0.25, 0.3) is 11.6 Å². The Morgan fingerprint density at radius 2 is 1.58 bits per heavy atom. The maximum Gasteiger partial charge on any atom is 0.416 e. The van der Waals surface area contributed by atoms with Crippen LogP contribution in [0.4, 0.5) is 46.4 Å². The van der Waals surface area contributed by atoms with E-state index in [2.05, 4.69) is 26.3 Å². The summed E-state index contributed by atoms with van der Waals surface area (Å²) >= 11 is 0. The van der Waals surface area contributed by atoms with Crippen LogP contribution < -0.4 is 21.3 Å². The smallest absolute Gasteiger partial charge is 0.362 e. The molecule has 1 aliphatic heterocycles. The van der Waals surface area contributed by atoms with Crippen molar-refractivity contribution in [2.75, 3.05) is 21.3 Å². The number of nitrogens with one attached hydrogen (secondary N) is 5. The lowest BCUT2D eigenvalue weighted by atomic mass is 10.1. The Balaban J connectivity index is 1.27. The number of amides is 3. The SMILES string of the molecule is Cc1ccc(NC(=O)Nc2cccc(Nc3ccc4c(c3)NC(=O)/C4=C/c3ccc[nH]3)c2)cc1C(F)(F)F. The maximum atomic E-state index is 13.2. The molecule has 5 rings (SSSR count). The summed E-state index contributed by atoms with van der Waals surface area (Å²) < 4.78 is 39.5. The van der Waals surface area contributed by atoms with E-state index >= 15 is 0 Å². The molecule has 0 spiro atoms. The highest BCUT2D eigenvalue weighted by atomic mass is 19.4. The summed E-state index contributed by atoms with van der Waals surface area (Å²) in [5.41, 5.74) is 3.93. The lowest BCUT2D eigenvalue weighted by Crippen LogP contribution is -2.20. The summed E-state index contributed by atoms with van der Waals surface area (Å²) in [5.74, 6) is -0.195. The minimum Gasteiger partial charge on any atom is -0.362 e. The van der Waals surface area contributed by atoms with Crippen molar-refractivity contribution in [3.8, 4) is 0 Å². The summed E-state index contributed by atoms with van der Waals surface area (Å²) in [7, 11) is 0. The van der Waals surface area contributed by atoms with E-state index in [9.17, 15) is 22.8 Å². The molecule has 4 aromatic rings. The first-order valence-corrected chi connectivity index (χ1v) is 11.6. The summed E-state index contributed by atoms with van der Waals surface area (Å²) in [6.45, 7) is 1.36. The predicted octanol–water partition coefficient (Wildman–Crippen LogP) is 7.22. The fraction of sp³-hybridized carbons (Fsp3) is 0.0714. The van der Waals surface area contributed by atoms with Crippen molar-refractivity contribution in [2.24, 2.45) is 0 Å². The average molecular weight is 518 g/mol. The van der Waals surface area contributed by atoms with E-state index < -0.39 is 17.8 Å². The highest BCUT2D eigenvalue weighted by Crippen LogP contribution is 2.36. The molecule has 0 atom stereocenters. The second-order valence-corrected chi connectivity index (χ2v) is 8.71. The second-order valence-electron chi connectivity index (χ2n) is 8.71. The Labute approximate surface area is 215 Å². The van der Waals surface area contributed by atoms with Crippen LogP contribution in [0.2, 0.25) is 0 Å². The molecule has 0 unspecified atom stereocenters. The number of H-pyrrole nitrogens is 1. The number of anilines is 5. The van der Waals surface area contributed by atoms with Gasteiger partial charge in [0.15, 0.2) is 0 Å². The molecule has 5 N–H and O–H groups in total. The molecule has 0 saturated heterocycles. The first kappa shape index (κ1) is 24.7. The van der Waals surface area contributed by atoms with Gasteiger partial charge in [-0.05, 0) is 73.2 Å². The van der Waals surface area contributed by atoms with E-state index in [4.69, 9.17) is 0 Å².